The zero-order valence-electron chi connectivity index (χ0n) is 13.2. The quantitative estimate of drug-likeness (QED) is 0.723. The van der Waals surface area contributed by atoms with E-state index < -0.39 is 0 Å². The van der Waals surface area contributed by atoms with Crippen LogP contribution in [0.25, 0.3) is 0 Å². The molecule has 2 rings (SSSR count). The van der Waals surface area contributed by atoms with Crippen LogP contribution in [0.4, 0.5) is 0 Å². The zero-order chi connectivity index (χ0) is 15.9. The van der Waals surface area contributed by atoms with Crippen molar-refractivity contribution in [1.82, 2.24) is 9.97 Å². The summed E-state index contributed by atoms with van der Waals surface area (Å²) in [5.41, 5.74) is 2.49. The van der Waals surface area contributed by atoms with Gasteiger partial charge in [-0.2, -0.15) is 0 Å². The lowest BCUT2D eigenvalue weighted by atomic mass is 10.1. The molecule has 0 N–H and O–H groups in total. The molecule has 0 radical (unpaired) electrons. The molecule has 0 aliphatic carbocycles. The summed E-state index contributed by atoms with van der Waals surface area (Å²) in [6, 6.07) is 9.98. The predicted octanol–water partition coefficient (Wildman–Crippen LogP) is 4.00. The molecule has 0 atom stereocenters. The molecular weight excluding hydrogens is 300 g/mol. The van der Waals surface area contributed by atoms with Crippen LogP contribution in [0.15, 0.2) is 30.3 Å². The highest BCUT2D eigenvalue weighted by molar-refractivity contribution is 6.17. The molecule has 1 aromatic heterocycles. The van der Waals surface area contributed by atoms with Gasteiger partial charge < -0.3 is 9.47 Å². The third kappa shape index (κ3) is 4.34. The Morgan fingerprint density at radius 2 is 1.73 bits per heavy atom. The molecule has 0 fully saturated rings. The third-order valence-electron chi connectivity index (χ3n) is 3.11. The van der Waals surface area contributed by atoms with Crippen molar-refractivity contribution >= 4 is 11.6 Å². The van der Waals surface area contributed by atoms with E-state index >= 15 is 0 Å². The first-order chi connectivity index (χ1) is 10.6. The van der Waals surface area contributed by atoms with Gasteiger partial charge in [0.25, 0.3) is 0 Å². The van der Waals surface area contributed by atoms with Crippen molar-refractivity contribution in [3.63, 3.8) is 0 Å². The summed E-state index contributed by atoms with van der Waals surface area (Å²) in [6.45, 7) is 4.71. The lowest BCUT2D eigenvalue weighted by Crippen LogP contribution is -2.09. The highest BCUT2D eigenvalue weighted by atomic mass is 35.5. The topological polar surface area (TPSA) is 44.2 Å². The van der Waals surface area contributed by atoms with Gasteiger partial charge in [-0.25, -0.2) is 9.97 Å². The lowest BCUT2D eigenvalue weighted by Gasteiger charge is -2.14. The first kappa shape index (κ1) is 16.6. The molecule has 22 heavy (non-hydrogen) atoms. The first-order valence-electron chi connectivity index (χ1n) is 7.30. The molecule has 118 valence electrons. The summed E-state index contributed by atoms with van der Waals surface area (Å²) < 4.78 is 11.1. The summed E-state index contributed by atoms with van der Waals surface area (Å²) in [4.78, 5) is 9.01. The zero-order valence-corrected chi connectivity index (χ0v) is 13.9. The van der Waals surface area contributed by atoms with E-state index in [1.165, 1.54) is 0 Å². The van der Waals surface area contributed by atoms with Crippen LogP contribution >= 0.6 is 11.6 Å². The fraction of sp³-hybridized carbons (Fsp3) is 0.412. The minimum absolute atomic E-state index is 0.236. The van der Waals surface area contributed by atoms with Crippen LogP contribution in [0.1, 0.15) is 30.8 Å². The molecule has 2 aromatic rings. The average molecular weight is 321 g/mol. The number of hydrogen-bond acceptors (Lipinski definition) is 4. The maximum Gasteiger partial charge on any atom is 0.237 e. The molecule has 5 heteroatoms. The van der Waals surface area contributed by atoms with Gasteiger partial charge in [0.2, 0.25) is 11.8 Å². The second-order valence-corrected chi connectivity index (χ2v) is 5.70. The molecule has 0 amide bonds. The third-order valence-corrected chi connectivity index (χ3v) is 3.36. The Kier molecular flexibility index (Phi) is 6.01. The summed E-state index contributed by atoms with van der Waals surface area (Å²) >= 11 is 5.92. The molecule has 4 nitrogen and oxygen atoms in total. The maximum absolute atomic E-state index is 5.92. The first-order valence-corrected chi connectivity index (χ1v) is 7.84. The molecule has 0 unspecified atom stereocenters. The summed E-state index contributed by atoms with van der Waals surface area (Å²) in [5, 5.41) is 0. The number of halogens is 1. The highest BCUT2D eigenvalue weighted by Gasteiger charge is 2.16. The number of benzene rings is 1. The van der Waals surface area contributed by atoms with Crippen molar-refractivity contribution in [2.75, 3.05) is 7.11 Å². The monoisotopic (exact) mass is 320 g/mol. The molecule has 1 aromatic carbocycles. The normalized spacial score (nSPS) is 10.8. The van der Waals surface area contributed by atoms with Gasteiger partial charge in [-0.05, 0) is 17.9 Å². The van der Waals surface area contributed by atoms with Crippen molar-refractivity contribution in [2.45, 2.75) is 32.8 Å². The lowest BCUT2D eigenvalue weighted by molar-refractivity contribution is 0.282. The van der Waals surface area contributed by atoms with Gasteiger partial charge in [-0.1, -0.05) is 44.2 Å². The standard InChI is InChI=1S/C17H21ClN2O2/c1-12(2)9-14-17(20-15(10-18)16(19-14)21-3)22-11-13-7-5-4-6-8-13/h4-8,12H,9-11H2,1-3H3. The molecule has 0 spiro atoms. The Morgan fingerprint density at radius 1 is 1.05 bits per heavy atom. The van der Waals surface area contributed by atoms with Gasteiger partial charge >= 0.3 is 0 Å². The SMILES string of the molecule is COc1nc(CC(C)C)c(OCc2ccccc2)nc1CCl. The predicted molar refractivity (Wildman–Crippen MR) is 87.5 cm³/mol. The van der Waals surface area contributed by atoms with Crippen LogP contribution in [0.2, 0.25) is 0 Å². The number of alkyl halides is 1. The van der Waals surface area contributed by atoms with Crippen molar-refractivity contribution in [2.24, 2.45) is 5.92 Å². The van der Waals surface area contributed by atoms with E-state index in [4.69, 9.17) is 21.1 Å². The molecule has 0 aliphatic heterocycles. The Balaban J connectivity index is 2.26. The highest BCUT2D eigenvalue weighted by Crippen LogP contribution is 2.25. The van der Waals surface area contributed by atoms with E-state index in [9.17, 15) is 0 Å². The second-order valence-electron chi connectivity index (χ2n) is 5.44. The van der Waals surface area contributed by atoms with Crippen molar-refractivity contribution in [3.05, 3.63) is 47.3 Å². The molecule has 0 saturated carbocycles. The van der Waals surface area contributed by atoms with Gasteiger partial charge in [0.15, 0.2) is 0 Å². The molecule has 0 bridgehead atoms. The smallest absolute Gasteiger partial charge is 0.237 e. The van der Waals surface area contributed by atoms with Crippen molar-refractivity contribution in [3.8, 4) is 11.8 Å². The van der Waals surface area contributed by atoms with Crippen LogP contribution in [0.3, 0.4) is 0 Å². The van der Waals surface area contributed by atoms with Gasteiger partial charge in [-0.15, -0.1) is 11.6 Å². The van der Waals surface area contributed by atoms with Gasteiger partial charge in [-0.3, -0.25) is 0 Å². The van der Waals surface area contributed by atoms with E-state index in [1.807, 2.05) is 30.3 Å². The Labute approximate surface area is 136 Å². The minimum atomic E-state index is 0.236. The Hall–Kier alpha value is -1.81. The van der Waals surface area contributed by atoms with E-state index in [0.717, 1.165) is 17.7 Å². The average Bonchev–Trinajstić information content (AvgIpc) is 2.53. The van der Waals surface area contributed by atoms with E-state index in [-0.39, 0.29) is 5.88 Å². The van der Waals surface area contributed by atoms with Crippen LogP contribution in [0.5, 0.6) is 11.8 Å². The molecular formula is C17H21ClN2O2. The van der Waals surface area contributed by atoms with Crippen LogP contribution in [0, 0.1) is 5.92 Å². The summed E-state index contributed by atoms with van der Waals surface area (Å²) in [5.74, 6) is 1.69. The fourth-order valence-electron chi connectivity index (χ4n) is 2.08. The molecule has 1 heterocycles. The molecule has 0 aliphatic rings. The van der Waals surface area contributed by atoms with Crippen molar-refractivity contribution < 1.29 is 9.47 Å². The number of aromatic nitrogens is 2. The number of methoxy groups -OCH3 is 1. The minimum Gasteiger partial charge on any atom is -0.480 e. The van der Waals surface area contributed by atoms with Gasteiger partial charge in [0.1, 0.15) is 18.0 Å². The largest absolute Gasteiger partial charge is 0.480 e. The summed E-state index contributed by atoms with van der Waals surface area (Å²) in [7, 11) is 1.57. The van der Waals surface area contributed by atoms with Crippen LogP contribution in [-0.4, -0.2) is 17.1 Å². The Morgan fingerprint density at radius 3 is 2.32 bits per heavy atom. The second kappa shape index (κ2) is 7.99. The number of ether oxygens (including phenoxy) is 2. The van der Waals surface area contributed by atoms with E-state index in [1.54, 1.807) is 7.11 Å². The number of rotatable bonds is 7. The van der Waals surface area contributed by atoms with Gasteiger partial charge in [0.05, 0.1) is 13.0 Å². The molecule has 0 saturated heterocycles. The maximum atomic E-state index is 5.92. The van der Waals surface area contributed by atoms with Crippen LogP contribution in [-0.2, 0) is 18.9 Å². The van der Waals surface area contributed by atoms with Crippen molar-refractivity contribution in [1.29, 1.82) is 0 Å². The Bertz CT molecular complexity index is 603. The van der Waals surface area contributed by atoms with E-state index in [2.05, 4.69) is 23.8 Å². The van der Waals surface area contributed by atoms with Gasteiger partial charge in [0, 0.05) is 0 Å². The number of hydrogen-bond donors (Lipinski definition) is 0. The fourth-order valence-corrected chi connectivity index (χ4v) is 2.26. The van der Waals surface area contributed by atoms with Crippen LogP contribution < -0.4 is 9.47 Å². The van der Waals surface area contributed by atoms with E-state index in [0.29, 0.717) is 30.0 Å². The summed E-state index contributed by atoms with van der Waals surface area (Å²) in [6.07, 6.45) is 0.774. The number of nitrogens with zero attached hydrogens (tertiary/aromatic N) is 2.